The molecular formula is C21H21ClN4O4. The van der Waals surface area contributed by atoms with Gasteiger partial charge in [-0.15, -0.1) is 0 Å². The Balaban J connectivity index is 2.13. The maximum Gasteiger partial charge on any atom is 0.327 e. The van der Waals surface area contributed by atoms with Gasteiger partial charge in [-0.3, -0.25) is 25.0 Å². The Bertz CT molecular complexity index is 1000. The third-order valence-electron chi connectivity index (χ3n) is 4.42. The second-order valence-corrected chi connectivity index (χ2v) is 6.90. The third-order valence-corrected chi connectivity index (χ3v) is 4.67. The summed E-state index contributed by atoms with van der Waals surface area (Å²) < 4.78 is 10.2. The summed E-state index contributed by atoms with van der Waals surface area (Å²) >= 11 is 6.05. The van der Waals surface area contributed by atoms with Crippen LogP contribution in [0, 0.1) is 0 Å². The number of methoxy groups -OCH3 is 2. The molecule has 1 unspecified atom stereocenters. The fraction of sp³-hybridized carbons (Fsp3) is 0.238. The highest BCUT2D eigenvalue weighted by molar-refractivity contribution is 6.30. The number of hydrogen-bond donors (Lipinski definition) is 2. The Morgan fingerprint density at radius 2 is 1.87 bits per heavy atom. The molecule has 0 radical (unpaired) electrons. The van der Waals surface area contributed by atoms with Crippen LogP contribution in [0.25, 0.3) is 0 Å². The maximum atomic E-state index is 12.4. The highest BCUT2D eigenvalue weighted by Gasteiger charge is 2.31. The predicted octanol–water partition coefficient (Wildman–Crippen LogP) is 2.45. The summed E-state index contributed by atoms with van der Waals surface area (Å²) in [5.74, 6) is -0.308. The van der Waals surface area contributed by atoms with Gasteiger partial charge >= 0.3 is 5.97 Å². The van der Waals surface area contributed by atoms with E-state index in [4.69, 9.17) is 26.1 Å². The molecule has 8 nitrogen and oxygen atoms in total. The number of esters is 1. The lowest BCUT2D eigenvalue weighted by Gasteiger charge is -2.21. The number of hydrogen-bond acceptors (Lipinski definition) is 7. The van der Waals surface area contributed by atoms with E-state index in [1.54, 1.807) is 31.5 Å². The lowest BCUT2D eigenvalue weighted by atomic mass is 10.00. The molecule has 9 heteroatoms. The van der Waals surface area contributed by atoms with Gasteiger partial charge in [-0.2, -0.15) is 0 Å². The Hall–Kier alpha value is -3.23. The van der Waals surface area contributed by atoms with Crippen LogP contribution >= 0.6 is 11.6 Å². The highest BCUT2D eigenvalue weighted by atomic mass is 35.5. The van der Waals surface area contributed by atoms with Crippen molar-refractivity contribution >= 4 is 41.1 Å². The van der Waals surface area contributed by atoms with Crippen molar-refractivity contribution in [2.24, 2.45) is 9.98 Å². The number of amides is 1. The van der Waals surface area contributed by atoms with E-state index in [1.165, 1.54) is 14.0 Å². The monoisotopic (exact) mass is 428 g/mol. The van der Waals surface area contributed by atoms with Gasteiger partial charge in [0.2, 0.25) is 5.91 Å². The van der Waals surface area contributed by atoms with Crippen molar-refractivity contribution < 1.29 is 19.1 Å². The maximum absolute atomic E-state index is 12.4. The molecule has 0 aromatic heterocycles. The minimum absolute atomic E-state index is 0.357. The molecule has 0 bridgehead atoms. The van der Waals surface area contributed by atoms with E-state index in [0.717, 1.165) is 11.1 Å². The van der Waals surface area contributed by atoms with Crippen LogP contribution in [-0.2, 0) is 14.3 Å². The smallest absolute Gasteiger partial charge is 0.327 e. The molecule has 0 fully saturated rings. The molecule has 1 heterocycles. The molecule has 30 heavy (non-hydrogen) atoms. The molecule has 3 rings (SSSR count). The highest BCUT2D eigenvalue weighted by Crippen LogP contribution is 2.30. The number of benzene rings is 2. The van der Waals surface area contributed by atoms with Crippen molar-refractivity contribution in [3.05, 3.63) is 58.6 Å². The lowest BCUT2D eigenvalue weighted by Crippen LogP contribution is -2.54. The van der Waals surface area contributed by atoms with Gasteiger partial charge in [0.05, 0.1) is 25.6 Å². The van der Waals surface area contributed by atoms with Gasteiger partial charge in [0.1, 0.15) is 11.8 Å². The fourth-order valence-electron chi connectivity index (χ4n) is 2.94. The lowest BCUT2D eigenvalue weighted by molar-refractivity contribution is -0.143. The molecular weight excluding hydrogens is 408 g/mol. The molecule has 1 aliphatic heterocycles. The zero-order chi connectivity index (χ0) is 21.7. The summed E-state index contributed by atoms with van der Waals surface area (Å²) in [6.07, 6.45) is 1.55. The molecule has 0 aliphatic carbocycles. The molecule has 2 aromatic rings. The summed E-state index contributed by atoms with van der Waals surface area (Å²) in [6, 6.07) is 10.9. The largest absolute Gasteiger partial charge is 0.497 e. The molecule has 0 saturated carbocycles. The van der Waals surface area contributed by atoms with Crippen LogP contribution in [0.1, 0.15) is 18.1 Å². The summed E-state index contributed by atoms with van der Waals surface area (Å²) in [6.45, 7) is 1.33. The summed E-state index contributed by atoms with van der Waals surface area (Å²) in [5, 5.41) is 0.589. The standard InChI is InChI=1S/C21H21ClN4O4/c1-12(27)25-26-20(21(28)30-3)18-11-23-17-9-8-15(29-2)10-16(17)19(24-18)13-4-6-14(22)7-5-13/h4-11,18,20,26H,1-3H3,(H,25,27)/t18?,20-/m0/s1. The number of fused-ring (bicyclic) bond motifs is 1. The van der Waals surface area contributed by atoms with Gasteiger partial charge in [-0.05, 0) is 30.3 Å². The van der Waals surface area contributed by atoms with E-state index in [-0.39, 0.29) is 5.91 Å². The van der Waals surface area contributed by atoms with E-state index in [1.807, 2.05) is 24.3 Å². The average molecular weight is 429 g/mol. The Kier molecular flexibility index (Phi) is 6.81. The second-order valence-electron chi connectivity index (χ2n) is 6.46. The van der Waals surface area contributed by atoms with Crippen LogP contribution < -0.4 is 15.6 Å². The number of ether oxygens (including phenoxy) is 2. The summed E-state index contributed by atoms with van der Waals surface area (Å²) in [5.41, 5.74) is 7.88. The van der Waals surface area contributed by atoms with Crippen molar-refractivity contribution in [3.63, 3.8) is 0 Å². The average Bonchev–Trinajstić information content (AvgIpc) is 2.93. The fourth-order valence-corrected chi connectivity index (χ4v) is 3.07. The number of aliphatic imine (C=N–C) groups is 2. The number of halogens is 1. The van der Waals surface area contributed by atoms with Crippen LogP contribution in [0.4, 0.5) is 5.69 Å². The molecule has 2 atom stereocenters. The SMILES string of the molecule is COC(=O)[C@@H](NNC(C)=O)C1C=Nc2ccc(OC)cc2C(c2ccc(Cl)cc2)=N1. The van der Waals surface area contributed by atoms with Crippen molar-refractivity contribution in [2.75, 3.05) is 14.2 Å². The molecule has 0 spiro atoms. The zero-order valence-electron chi connectivity index (χ0n) is 16.7. The normalized spacial score (nSPS) is 16.0. The Morgan fingerprint density at radius 3 is 2.50 bits per heavy atom. The second kappa shape index (κ2) is 9.51. The van der Waals surface area contributed by atoms with Crippen LogP contribution in [0.15, 0.2) is 52.4 Å². The number of carbonyl (C=O) groups is 2. The first kappa shape index (κ1) is 21.5. The number of nitrogens with zero attached hydrogens (tertiary/aromatic N) is 2. The third kappa shape index (κ3) is 4.84. The number of nitrogens with one attached hydrogen (secondary N) is 2. The summed E-state index contributed by atoms with van der Waals surface area (Å²) in [7, 11) is 2.84. The topological polar surface area (TPSA) is 101 Å². The van der Waals surface area contributed by atoms with Crippen molar-refractivity contribution in [1.29, 1.82) is 0 Å². The van der Waals surface area contributed by atoms with E-state index in [9.17, 15) is 9.59 Å². The van der Waals surface area contributed by atoms with Gasteiger partial charge in [0, 0.05) is 29.3 Å². The van der Waals surface area contributed by atoms with Crippen LogP contribution in [0.5, 0.6) is 5.75 Å². The van der Waals surface area contributed by atoms with Crippen LogP contribution in [-0.4, -0.2) is 50.1 Å². The molecule has 2 aromatic carbocycles. The van der Waals surface area contributed by atoms with E-state index in [0.29, 0.717) is 22.2 Å². The molecule has 1 amide bonds. The van der Waals surface area contributed by atoms with Gasteiger partial charge in [0.25, 0.3) is 0 Å². The Labute approximate surface area is 178 Å². The number of rotatable bonds is 6. The molecule has 2 N–H and O–H groups in total. The first-order chi connectivity index (χ1) is 14.4. The quantitative estimate of drug-likeness (QED) is 0.543. The van der Waals surface area contributed by atoms with Gasteiger partial charge in [-0.1, -0.05) is 23.7 Å². The van der Waals surface area contributed by atoms with E-state index in [2.05, 4.69) is 15.8 Å². The number of carbonyl (C=O) groups excluding carboxylic acids is 2. The van der Waals surface area contributed by atoms with Gasteiger partial charge in [0.15, 0.2) is 6.04 Å². The van der Waals surface area contributed by atoms with Crippen LogP contribution in [0.3, 0.4) is 0 Å². The van der Waals surface area contributed by atoms with Crippen molar-refractivity contribution in [1.82, 2.24) is 10.9 Å². The summed E-state index contributed by atoms with van der Waals surface area (Å²) in [4.78, 5) is 33.1. The molecule has 1 aliphatic rings. The Morgan fingerprint density at radius 1 is 1.13 bits per heavy atom. The first-order valence-electron chi connectivity index (χ1n) is 9.09. The van der Waals surface area contributed by atoms with E-state index >= 15 is 0 Å². The minimum atomic E-state index is -0.985. The van der Waals surface area contributed by atoms with Crippen LogP contribution in [0.2, 0.25) is 5.02 Å². The molecule has 156 valence electrons. The number of hydrazine groups is 1. The van der Waals surface area contributed by atoms with Crippen molar-refractivity contribution in [2.45, 2.75) is 19.0 Å². The first-order valence-corrected chi connectivity index (χ1v) is 9.47. The minimum Gasteiger partial charge on any atom is -0.497 e. The zero-order valence-corrected chi connectivity index (χ0v) is 17.4. The predicted molar refractivity (Wildman–Crippen MR) is 115 cm³/mol. The van der Waals surface area contributed by atoms with Gasteiger partial charge in [-0.25, -0.2) is 5.43 Å². The van der Waals surface area contributed by atoms with Crippen molar-refractivity contribution in [3.8, 4) is 5.75 Å². The van der Waals surface area contributed by atoms with E-state index < -0.39 is 18.1 Å². The van der Waals surface area contributed by atoms with Gasteiger partial charge < -0.3 is 9.47 Å². The molecule has 0 saturated heterocycles.